The van der Waals surface area contributed by atoms with Gasteiger partial charge >= 0.3 is 0 Å². The quantitative estimate of drug-likeness (QED) is 0.264. The number of nitrogens with two attached hydrogens (primary N) is 1. The summed E-state index contributed by atoms with van der Waals surface area (Å²) in [6, 6.07) is 12.1. The van der Waals surface area contributed by atoms with Crippen molar-refractivity contribution < 1.29 is 17.9 Å². The number of carbonyl (C=O) groups is 1. The minimum Gasteiger partial charge on any atom is -0.383 e. The summed E-state index contributed by atoms with van der Waals surface area (Å²) in [5, 5.41) is 5.40. The first-order valence-electron chi connectivity index (χ1n) is 12.9. The van der Waals surface area contributed by atoms with Crippen LogP contribution >= 0.6 is 22.9 Å². The maximum absolute atomic E-state index is 13.7. The Labute approximate surface area is 242 Å². The molecule has 0 unspecified atom stereocenters. The van der Waals surface area contributed by atoms with Crippen LogP contribution in [0.1, 0.15) is 19.4 Å². The van der Waals surface area contributed by atoms with E-state index in [1.165, 1.54) is 10.6 Å². The van der Waals surface area contributed by atoms with Crippen molar-refractivity contribution in [1.82, 2.24) is 24.5 Å². The van der Waals surface area contributed by atoms with Crippen molar-refractivity contribution in [1.29, 1.82) is 0 Å². The first kappa shape index (κ1) is 28.7. The van der Waals surface area contributed by atoms with Crippen LogP contribution in [0.3, 0.4) is 0 Å². The number of nitrogens with zero attached hydrogens (tertiary/aromatic N) is 4. The van der Waals surface area contributed by atoms with Crippen LogP contribution in [0.2, 0.25) is 5.02 Å². The summed E-state index contributed by atoms with van der Waals surface area (Å²) in [5.74, 6) is 0.118. The lowest BCUT2D eigenvalue weighted by atomic mass is 10.1. The number of anilines is 1. The Balaban J connectivity index is 1.38. The van der Waals surface area contributed by atoms with Crippen molar-refractivity contribution in [2.75, 3.05) is 38.5 Å². The molecule has 40 heavy (non-hydrogen) atoms. The summed E-state index contributed by atoms with van der Waals surface area (Å²) in [7, 11) is -3.90. The van der Waals surface area contributed by atoms with Gasteiger partial charge in [0.1, 0.15) is 16.4 Å². The Hall–Kier alpha value is -2.87. The van der Waals surface area contributed by atoms with Gasteiger partial charge in [0.2, 0.25) is 5.91 Å². The number of carbonyl (C=O) groups excluding carboxylic acids is 1. The molecule has 212 valence electrons. The lowest BCUT2D eigenvalue weighted by Crippen LogP contribution is -2.60. The summed E-state index contributed by atoms with van der Waals surface area (Å²) < 4.78 is 35.3. The summed E-state index contributed by atoms with van der Waals surface area (Å²) >= 11 is 7.26. The van der Waals surface area contributed by atoms with Gasteiger partial charge in [-0.25, -0.2) is 18.4 Å². The lowest BCUT2D eigenvalue weighted by Gasteiger charge is -2.40. The number of amides is 1. The van der Waals surface area contributed by atoms with Crippen molar-refractivity contribution >= 4 is 65.7 Å². The zero-order valence-corrected chi connectivity index (χ0v) is 24.6. The van der Waals surface area contributed by atoms with Crippen LogP contribution in [-0.4, -0.2) is 78.4 Å². The highest BCUT2D eigenvalue weighted by Crippen LogP contribution is 2.33. The molecule has 0 bridgehead atoms. The monoisotopic (exact) mass is 602 g/mol. The summed E-state index contributed by atoms with van der Waals surface area (Å²) in [6.07, 6.45) is 1.52. The molecule has 1 amide bonds. The van der Waals surface area contributed by atoms with Gasteiger partial charge in [0, 0.05) is 41.3 Å². The van der Waals surface area contributed by atoms with Crippen LogP contribution in [0.15, 0.2) is 53.0 Å². The fourth-order valence-corrected chi connectivity index (χ4v) is 7.96. The maximum atomic E-state index is 13.7. The summed E-state index contributed by atoms with van der Waals surface area (Å²) in [5.41, 5.74) is 7.52. The number of nitrogen functional groups attached to an aromatic ring is 1. The molecule has 10 nitrogen and oxygen atoms in total. The van der Waals surface area contributed by atoms with E-state index in [0.29, 0.717) is 42.6 Å². The van der Waals surface area contributed by atoms with Crippen molar-refractivity contribution in [3.8, 4) is 0 Å². The molecule has 13 heteroatoms. The molecule has 3 heterocycles. The second-order valence-electron chi connectivity index (χ2n) is 9.95. The minimum absolute atomic E-state index is 0.108. The molecule has 3 N–H and O–H groups in total. The number of piperazine rings is 1. The van der Waals surface area contributed by atoms with Gasteiger partial charge in [-0.2, -0.15) is 4.31 Å². The molecule has 4 aromatic rings. The summed E-state index contributed by atoms with van der Waals surface area (Å²) in [4.78, 5) is 23.6. The van der Waals surface area contributed by atoms with Crippen LogP contribution < -0.4 is 11.1 Å². The molecular weight excluding hydrogens is 572 g/mol. The first-order chi connectivity index (χ1) is 19.1. The Morgan fingerprint density at radius 2 is 2.02 bits per heavy atom. The Morgan fingerprint density at radius 3 is 2.83 bits per heavy atom. The Morgan fingerprint density at radius 1 is 1.20 bits per heavy atom. The highest BCUT2D eigenvalue weighted by Gasteiger charge is 2.39. The van der Waals surface area contributed by atoms with E-state index in [1.54, 1.807) is 29.2 Å². The van der Waals surface area contributed by atoms with Gasteiger partial charge in [0.15, 0.2) is 0 Å². The number of thiophene rings is 1. The number of sulfonamides is 1. The van der Waals surface area contributed by atoms with Crippen molar-refractivity contribution in [3.05, 3.63) is 59.4 Å². The number of nitrogens with one attached hydrogen (secondary N) is 1. The van der Waals surface area contributed by atoms with Gasteiger partial charge in [0.05, 0.1) is 30.8 Å². The number of rotatable bonds is 10. The number of halogens is 1. The van der Waals surface area contributed by atoms with Gasteiger partial charge in [0.25, 0.3) is 10.0 Å². The highest BCUT2D eigenvalue weighted by molar-refractivity contribution is 7.91. The fraction of sp³-hybridized carbons (Fsp3) is 0.370. The molecule has 0 radical (unpaired) electrons. The van der Waals surface area contributed by atoms with Crippen molar-refractivity contribution in [3.63, 3.8) is 0 Å². The third-order valence-electron chi connectivity index (χ3n) is 6.74. The number of benzene rings is 2. The molecule has 1 aliphatic heterocycles. The van der Waals surface area contributed by atoms with Crippen LogP contribution in [0, 0.1) is 0 Å². The predicted octanol–water partition coefficient (Wildman–Crippen LogP) is 3.50. The average molecular weight is 603 g/mol. The van der Waals surface area contributed by atoms with E-state index in [2.05, 4.69) is 15.3 Å². The molecule has 0 spiro atoms. The van der Waals surface area contributed by atoms with Crippen LogP contribution in [0.5, 0.6) is 0 Å². The number of ether oxygens (including phenoxy) is 1. The van der Waals surface area contributed by atoms with Gasteiger partial charge in [-0.15, -0.1) is 11.3 Å². The fourth-order valence-electron chi connectivity index (χ4n) is 4.71. The standard InChI is InChI=1S/C27H31ClN6O4S2/c1-17(2)38-8-7-30-12-21-14-33(40(36,37)26-10-19-4-5-20(28)11-24(19)39-26)15-25(35)34(21)13-18-3-6-22-23(9-18)31-16-32-27(22)29/h3-6,9-11,16-17,21,30H,7-8,12-15H2,1-2H3,(H2,29,31,32)/t21-/m0/s1. The molecule has 2 aromatic heterocycles. The largest absolute Gasteiger partial charge is 0.383 e. The molecule has 2 aromatic carbocycles. The van der Waals surface area contributed by atoms with Crippen molar-refractivity contribution in [2.45, 2.75) is 36.7 Å². The molecule has 1 saturated heterocycles. The second-order valence-corrected chi connectivity index (χ2v) is 13.6. The Bertz CT molecular complexity index is 1640. The zero-order valence-electron chi connectivity index (χ0n) is 22.2. The third-order valence-corrected chi connectivity index (χ3v) is 10.3. The zero-order chi connectivity index (χ0) is 28.4. The molecule has 1 aliphatic rings. The van der Waals surface area contributed by atoms with E-state index in [-0.39, 0.29) is 29.3 Å². The van der Waals surface area contributed by atoms with E-state index in [9.17, 15) is 13.2 Å². The lowest BCUT2D eigenvalue weighted by molar-refractivity contribution is -0.138. The van der Waals surface area contributed by atoms with E-state index in [4.69, 9.17) is 22.1 Å². The van der Waals surface area contributed by atoms with E-state index in [0.717, 1.165) is 32.4 Å². The van der Waals surface area contributed by atoms with Crippen LogP contribution in [-0.2, 0) is 26.1 Å². The molecule has 0 aliphatic carbocycles. The normalized spacial score (nSPS) is 16.9. The molecule has 1 atom stereocenters. The third kappa shape index (κ3) is 6.22. The van der Waals surface area contributed by atoms with Gasteiger partial charge in [-0.05, 0) is 55.1 Å². The molecule has 0 saturated carbocycles. The van der Waals surface area contributed by atoms with E-state index in [1.807, 2.05) is 32.0 Å². The van der Waals surface area contributed by atoms with Gasteiger partial charge < -0.3 is 20.7 Å². The smallest absolute Gasteiger partial charge is 0.253 e. The Kier molecular flexibility index (Phi) is 8.55. The van der Waals surface area contributed by atoms with Gasteiger partial charge in [-0.3, -0.25) is 4.79 Å². The number of fused-ring (bicyclic) bond motifs is 2. The average Bonchev–Trinajstić information content (AvgIpc) is 3.34. The van der Waals surface area contributed by atoms with Crippen LogP contribution in [0.25, 0.3) is 21.0 Å². The number of hydrogen-bond donors (Lipinski definition) is 2. The first-order valence-corrected chi connectivity index (χ1v) is 15.6. The van der Waals surface area contributed by atoms with E-state index >= 15 is 0 Å². The topological polar surface area (TPSA) is 131 Å². The summed E-state index contributed by atoms with van der Waals surface area (Å²) in [6.45, 7) is 5.65. The molecule has 5 rings (SSSR count). The van der Waals surface area contributed by atoms with Crippen molar-refractivity contribution in [2.24, 2.45) is 0 Å². The number of aromatic nitrogens is 2. The van der Waals surface area contributed by atoms with Gasteiger partial charge in [-0.1, -0.05) is 23.7 Å². The maximum Gasteiger partial charge on any atom is 0.253 e. The number of hydrogen-bond acceptors (Lipinski definition) is 9. The minimum atomic E-state index is -3.90. The highest BCUT2D eigenvalue weighted by atomic mass is 35.5. The second kappa shape index (κ2) is 11.9. The molecular formula is C27H31ClN6O4S2. The molecule has 1 fully saturated rings. The predicted molar refractivity (Wildman–Crippen MR) is 158 cm³/mol. The van der Waals surface area contributed by atoms with E-state index < -0.39 is 16.1 Å². The van der Waals surface area contributed by atoms with Crippen LogP contribution in [0.4, 0.5) is 5.82 Å². The SMILES string of the molecule is CC(C)OCCNC[C@H]1CN(S(=O)(=O)c2cc3ccc(Cl)cc3s2)CC(=O)N1Cc1ccc2c(N)ncnc2c1.